The molecule has 6 heterocycles. The van der Waals surface area contributed by atoms with Gasteiger partial charge in [0.1, 0.15) is 23.3 Å². The molecule has 2 aromatic carbocycles. The quantitative estimate of drug-likeness (QED) is 0.148. The number of aryl methyl sites for hydroxylation is 2. The van der Waals surface area contributed by atoms with Gasteiger partial charge in [-0.2, -0.15) is 0 Å². The van der Waals surface area contributed by atoms with Crippen molar-refractivity contribution in [3.8, 4) is 5.75 Å². The van der Waals surface area contributed by atoms with E-state index < -0.39 is 0 Å². The minimum atomic E-state index is -0.371. The lowest BCUT2D eigenvalue weighted by atomic mass is 9.96. The van der Waals surface area contributed by atoms with Gasteiger partial charge in [-0.15, -0.1) is 0 Å². The van der Waals surface area contributed by atoms with Gasteiger partial charge >= 0.3 is 6.03 Å². The van der Waals surface area contributed by atoms with E-state index >= 15 is 0 Å². The van der Waals surface area contributed by atoms with E-state index in [1.54, 1.807) is 35.4 Å². The third-order valence-corrected chi connectivity index (χ3v) is 13.5. The first-order chi connectivity index (χ1) is 30.2. The summed E-state index contributed by atoms with van der Waals surface area (Å²) < 4.78 is 8.63. The third kappa shape index (κ3) is 9.49. The lowest BCUT2D eigenvalue weighted by Gasteiger charge is -2.39. The van der Waals surface area contributed by atoms with Gasteiger partial charge in [-0.05, 0) is 138 Å². The van der Waals surface area contributed by atoms with Crippen LogP contribution in [0.5, 0.6) is 5.75 Å². The fraction of sp³-hybridized carbons (Fsp3) is 0.458. The van der Waals surface area contributed by atoms with E-state index in [0.717, 1.165) is 78.0 Å². The Bertz CT molecular complexity index is 2420. The molecule has 8 N–H and O–H groups in total. The number of morpholine rings is 1. The Morgan fingerprint density at radius 3 is 2.32 bits per heavy atom. The van der Waals surface area contributed by atoms with Crippen molar-refractivity contribution in [2.45, 2.75) is 77.5 Å². The minimum absolute atomic E-state index is 0.0897. The number of aromatic hydroxyl groups is 1. The van der Waals surface area contributed by atoms with Crippen molar-refractivity contribution in [2.75, 3.05) is 57.8 Å². The molecule has 334 valence electrons. The average molecular weight is 859 g/mol. The zero-order chi connectivity index (χ0) is 44.5. The Labute approximate surface area is 369 Å². The number of carbonyl (C=O) groups excluding carboxylic acids is 3. The number of imide groups is 1. The number of benzene rings is 2. The maximum atomic E-state index is 13.3. The van der Waals surface area contributed by atoms with Gasteiger partial charge in [-0.25, -0.2) is 9.78 Å². The predicted octanol–water partition coefficient (Wildman–Crippen LogP) is 5.48. The second kappa shape index (κ2) is 18.3. The number of allylic oxidation sites excluding steroid dienone is 1. The van der Waals surface area contributed by atoms with Gasteiger partial charge in [-0.3, -0.25) is 19.8 Å². The number of phenols is 1. The molecule has 0 spiro atoms. The second-order valence-electron chi connectivity index (χ2n) is 18.2. The Hall–Kier alpha value is -6.06. The van der Waals surface area contributed by atoms with E-state index in [1.165, 1.54) is 19.3 Å². The van der Waals surface area contributed by atoms with Crippen molar-refractivity contribution in [1.82, 2.24) is 29.6 Å². The van der Waals surface area contributed by atoms with Crippen molar-refractivity contribution < 1.29 is 24.2 Å². The zero-order valence-electron chi connectivity index (χ0n) is 36.9. The van der Waals surface area contributed by atoms with E-state index in [1.807, 2.05) is 49.1 Å². The third-order valence-electron chi connectivity index (χ3n) is 13.5. The van der Waals surface area contributed by atoms with Crippen LogP contribution in [-0.2, 0) is 9.53 Å². The number of anilines is 1. The number of para-hydroxylation sites is 1. The molecule has 15 heteroatoms. The van der Waals surface area contributed by atoms with Crippen molar-refractivity contribution >= 4 is 40.3 Å². The number of hydrogen-bond donors (Lipinski definition) is 5. The number of pyridine rings is 1. The van der Waals surface area contributed by atoms with E-state index in [0.29, 0.717) is 60.9 Å². The summed E-state index contributed by atoms with van der Waals surface area (Å²) in [7, 11) is 2.16. The number of nitrogens with one attached hydrogen (secondary N) is 1. The molecular weight excluding hydrogens is 797 g/mol. The van der Waals surface area contributed by atoms with Crippen LogP contribution in [0.25, 0.3) is 16.7 Å². The number of nitrogens with two attached hydrogens (primary N) is 3. The highest BCUT2D eigenvalue weighted by Crippen LogP contribution is 2.38. The standard InChI is InChI=1S/C30H39N5O3.C18H23N5O2/c1-18-11-22(30(37)35-15-20-7-8-21(12-20)16-35)9-10-23(18)28-17-34(14-19(2)38-28)26(29(32)33)13-25(31)24-5-3-4-6-27(24)36;1-12-11-23(13-3-6-21(2)7-4-13)17-15(12)9-14(10-19-17)22-8-5-16(24)20-18(22)25/h3-6,9-11,13,19-21,28,36H,7-8,12,14-17,31-33H2,1-2H3;9-11,13H,3-8H2,1-2H3,(H,20,24,25)/b25-13-;. The van der Waals surface area contributed by atoms with Gasteiger partial charge in [0.25, 0.3) is 5.91 Å². The van der Waals surface area contributed by atoms with Crippen molar-refractivity contribution in [3.63, 3.8) is 0 Å². The first-order valence-corrected chi connectivity index (χ1v) is 22.3. The molecule has 4 aliphatic heterocycles. The van der Waals surface area contributed by atoms with E-state index in [9.17, 15) is 19.5 Å². The predicted molar refractivity (Wildman–Crippen MR) is 244 cm³/mol. The van der Waals surface area contributed by atoms with Gasteiger partial charge in [0.05, 0.1) is 23.7 Å². The number of piperidine rings is 2. The van der Waals surface area contributed by atoms with Crippen LogP contribution in [0.2, 0.25) is 0 Å². The van der Waals surface area contributed by atoms with E-state index in [-0.39, 0.29) is 41.6 Å². The van der Waals surface area contributed by atoms with Crippen LogP contribution < -0.4 is 27.4 Å². The Morgan fingerprint density at radius 2 is 1.63 bits per heavy atom. The summed E-state index contributed by atoms with van der Waals surface area (Å²) in [6.07, 6.45) is 11.6. The molecule has 5 aliphatic rings. The molecule has 15 nitrogen and oxygen atoms in total. The molecule has 0 radical (unpaired) electrons. The number of rotatable bonds is 7. The Morgan fingerprint density at radius 1 is 0.905 bits per heavy atom. The molecule has 4 aromatic rings. The molecule has 2 bridgehead atoms. The summed E-state index contributed by atoms with van der Waals surface area (Å²) in [6.45, 7) is 11.6. The fourth-order valence-corrected chi connectivity index (χ4v) is 10.1. The first kappa shape index (κ1) is 43.6. The SMILES string of the molecule is Cc1cc(C(=O)N2CC3CCC(C3)C2)ccc1C1CN(C(/C=C(\N)c2ccccc2O)=C(N)N)CC(C)O1.Cc1cn(C2CCN(C)CC2)c2ncc(N3CCC(=O)NC3=O)cc12. The van der Waals surface area contributed by atoms with Crippen LogP contribution >= 0.6 is 0 Å². The number of aromatic nitrogens is 2. The smallest absolute Gasteiger partial charge is 0.328 e. The maximum Gasteiger partial charge on any atom is 0.328 e. The number of fused-ring (bicyclic) bond motifs is 3. The lowest BCUT2D eigenvalue weighted by Crippen LogP contribution is -2.49. The summed E-state index contributed by atoms with van der Waals surface area (Å²) in [6, 6.07) is 14.9. The summed E-state index contributed by atoms with van der Waals surface area (Å²) in [5.41, 5.74) is 25.7. The highest BCUT2D eigenvalue weighted by Gasteiger charge is 2.36. The summed E-state index contributed by atoms with van der Waals surface area (Å²) >= 11 is 0. The largest absolute Gasteiger partial charge is 0.507 e. The Balaban J connectivity index is 0.000000188. The molecule has 2 aromatic heterocycles. The topological polar surface area (TPSA) is 202 Å². The molecule has 4 unspecified atom stereocenters. The lowest BCUT2D eigenvalue weighted by molar-refractivity contribution is -0.120. The van der Waals surface area contributed by atoms with Gasteiger partial charge in [0.15, 0.2) is 0 Å². The number of phenolic OH excluding ortho intramolecular Hbond substituents is 1. The molecule has 4 saturated heterocycles. The number of urea groups is 1. The van der Waals surface area contributed by atoms with Crippen molar-refractivity contribution in [3.05, 3.63) is 106 Å². The molecule has 63 heavy (non-hydrogen) atoms. The van der Waals surface area contributed by atoms with Gasteiger partial charge in [0.2, 0.25) is 5.91 Å². The highest BCUT2D eigenvalue weighted by molar-refractivity contribution is 6.06. The molecule has 4 amide bonds. The van der Waals surface area contributed by atoms with Crippen LogP contribution in [0.4, 0.5) is 10.5 Å². The Kier molecular flexibility index (Phi) is 12.7. The van der Waals surface area contributed by atoms with Gasteiger partial charge in [0, 0.05) is 73.6 Å². The van der Waals surface area contributed by atoms with Crippen molar-refractivity contribution in [1.29, 1.82) is 0 Å². The molecule has 5 fully saturated rings. The van der Waals surface area contributed by atoms with Crippen LogP contribution in [0.3, 0.4) is 0 Å². The van der Waals surface area contributed by atoms with E-state index in [4.69, 9.17) is 21.9 Å². The number of carbonyl (C=O) groups is 3. The molecule has 1 aliphatic carbocycles. The van der Waals surface area contributed by atoms with Crippen molar-refractivity contribution in [2.24, 2.45) is 29.0 Å². The van der Waals surface area contributed by atoms with Gasteiger partial charge in [-0.1, -0.05) is 18.2 Å². The van der Waals surface area contributed by atoms with Gasteiger partial charge < -0.3 is 46.3 Å². The van der Waals surface area contributed by atoms with Crippen LogP contribution in [0.15, 0.2) is 78.5 Å². The number of ether oxygens (including phenoxy) is 1. The van der Waals surface area contributed by atoms with E-state index in [2.05, 4.69) is 44.8 Å². The highest BCUT2D eigenvalue weighted by atomic mass is 16.5. The van der Waals surface area contributed by atoms with Crippen LogP contribution in [0.1, 0.15) is 90.2 Å². The monoisotopic (exact) mass is 858 g/mol. The fourth-order valence-electron chi connectivity index (χ4n) is 10.1. The normalized spacial score (nSPS) is 23.4. The molecule has 1 saturated carbocycles. The molecule has 4 atom stereocenters. The maximum absolute atomic E-state index is 13.3. The molecule has 9 rings (SSSR count). The van der Waals surface area contributed by atoms with Crippen LogP contribution in [0, 0.1) is 25.7 Å². The molecular formula is C48H62N10O5. The summed E-state index contributed by atoms with van der Waals surface area (Å²) in [5, 5.41) is 13.7. The average Bonchev–Trinajstić information content (AvgIpc) is 3.78. The number of nitrogens with zero attached hydrogens (tertiary/aromatic N) is 6. The zero-order valence-corrected chi connectivity index (χ0v) is 36.9. The number of likely N-dealkylation sites (tertiary alicyclic amines) is 2. The summed E-state index contributed by atoms with van der Waals surface area (Å²) in [5.74, 6) is 1.46. The minimum Gasteiger partial charge on any atom is -0.507 e. The van der Waals surface area contributed by atoms with Crippen LogP contribution in [-0.4, -0.2) is 106 Å². The first-order valence-electron chi connectivity index (χ1n) is 22.3. The second-order valence-corrected chi connectivity index (χ2v) is 18.2. The number of amides is 4. The summed E-state index contributed by atoms with van der Waals surface area (Å²) in [4.78, 5) is 49.4. The number of hydrogen-bond acceptors (Lipinski definition) is 11.